The number of rotatable bonds is 2. The van der Waals surface area contributed by atoms with Gasteiger partial charge >= 0.3 is 0 Å². The molecule has 0 radical (unpaired) electrons. The van der Waals surface area contributed by atoms with E-state index < -0.39 is 0 Å². The Hall–Kier alpha value is -2.39. The SMILES string of the molecule is S=C(Nc1ccccc1)Nc1cccc2ccccc12. The minimum absolute atomic E-state index is 0.590. The highest BCUT2D eigenvalue weighted by Gasteiger charge is 2.02. The number of nitrogens with one attached hydrogen (secondary N) is 2. The van der Waals surface area contributed by atoms with Gasteiger partial charge < -0.3 is 10.6 Å². The smallest absolute Gasteiger partial charge is 0.175 e. The van der Waals surface area contributed by atoms with Crippen molar-refractivity contribution in [1.82, 2.24) is 0 Å². The van der Waals surface area contributed by atoms with Gasteiger partial charge in [-0.1, -0.05) is 54.6 Å². The van der Waals surface area contributed by atoms with E-state index in [2.05, 4.69) is 28.8 Å². The summed E-state index contributed by atoms with van der Waals surface area (Å²) in [5.74, 6) is 0. The van der Waals surface area contributed by atoms with E-state index >= 15 is 0 Å². The molecule has 3 aromatic rings. The molecule has 0 amide bonds. The number of thiocarbonyl (C=S) groups is 1. The average molecular weight is 278 g/mol. The molecule has 0 aromatic heterocycles. The van der Waals surface area contributed by atoms with E-state index in [0.717, 1.165) is 16.8 Å². The van der Waals surface area contributed by atoms with Crippen molar-refractivity contribution in [2.75, 3.05) is 10.6 Å². The van der Waals surface area contributed by atoms with Crippen LogP contribution in [0.1, 0.15) is 0 Å². The molecule has 0 aliphatic rings. The van der Waals surface area contributed by atoms with Crippen molar-refractivity contribution in [3.05, 3.63) is 72.8 Å². The monoisotopic (exact) mass is 278 g/mol. The molecular formula is C17H14N2S. The summed E-state index contributed by atoms with van der Waals surface area (Å²) in [7, 11) is 0. The van der Waals surface area contributed by atoms with Gasteiger partial charge in [-0.3, -0.25) is 0 Å². The zero-order chi connectivity index (χ0) is 13.8. The van der Waals surface area contributed by atoms with Crippen LogP contribution in [0.5, 0.6) is 0 Å². The van der Waals surface area contributed by atoms with Crippen molar-refractivity contribution >= 4 is 39.5 Å². The molecule has 3 rings (SSSR count). The number of para-hydroxylation sites is 1. The summed E-state index contributed by atoms with van der Waals surface area (Å²) < 4.78 is 0. The van der Waals surface area contributed by atoms with Gasteiger partial charge in [0.05, 0.1) is 0 Å². The summed E-state index contributed by atoms with van der Waals surface area (Å²) in [6, 6.07) is 24.3. The number of benzene rings is 3. The lowest BCUT2D eigenvalue weighted by Crippen LogP contribution is -2.19. The van der Waals surface area contributed by atoms with Gasteiger partial charge in [0.2, 0.25) is 0 Å². The summed E-state index contributed by atoms with van der Waals surface area (Å²) >= 11 is 5.36. The topological polar surface area (TPSA) is 24.1 Å². The van der Waals surface area contributed by atoms with E-state index in [9.17, 15) is 0 Å². The van der Waals surface area contributed by atoms with Crippen LogP contribution in [0.15, 0.2) is 72.8 Å². The first-order chi connectivity index (χ1) is 9.83. The van der Waals surface area contributed by atoms with E-state index in [1.165, 1.54) is 5.39 Å². The quantitative estimate of drug-likeness (QED) is 0.667. The molecule has 0 bridgehead atoms. The molecular weight excluding hydrogens is 264 g/mol. The fourth-order valence-electron chi connectivity index (χ4n) is 2.14. The van der Waals surface area contributed by atoms with Crippen molar-refractivity contribution in [2.45, 2.75) is 0 Å². The van der Waals surface area contributed by atoms with Crippen LogP contribution in [0.2, 0.25) is 0 Å². The molecule has 20 heavy (non-hydrogen) atoms. The molecule has 3 aromatic carbocycles. The third-order valence-corrected chi connectivity index (χ3v) is 3.27. The highest BCUT2D eigenvalue weighted by atomic mass is 32.1. The predicted molar refractivity (Wildman–Crippen MR) is 90.2 cm³/mol. The number of hydrogen-bond donors (Lipinski definition) is 2. The van der Waals surface area contributed by atoms with Gasteiger partial charge in [-0.25, -0.2) is 0 Å². The number of anilines is 2. The van der Waals surface area contributed by atoms with Crippen LogP contribution in [0.25, 0.3) is 10.8 Å². The first-order valence-corrected chi connectivity index (χ1v) is 6.84. The van der Waals surface area contributed by atoms with Crippen LogP contribution in [-0.2, 0) is 0 Å². The molecule has 0 heterocycles. The van der Waals surface area contributed by atoms with Gasteiger partial charge in [0.15, 0.2) is 5.11 Å². The largest absolute Gasteiger partial charge is 0.332 e. The highest BCUT2D eigenvalue weighted by Crippen LogP contribution is 2.23. The Labute approximate surface area is 123 Å². The lowest BCUT2D eigenvalue weighted by Gasteiger charge is -2.12. The Morgan fingerprint density at radius 3 is 2.25 bits per heavy atom. The van der Waals surface area contributed by atoms with Crippen LogP contribution in [0, 0.1) is 0 Å². The van der Waals surface area contributed by atoms with E-state index in [1.54, 1.807) is 0 Å². The normalized spacial score (nSPS) is 10.2. The summed E-state index contributed by atoms with van der Waals surface area (Å²) in [6.07, 6.45) is 0. The predicted octanol–water partition coefficient (Wildman–Crippen LogP) is 4.65. The summed E-state index contributed by atoms with van der Waals surface area (Å²) in [6.45, 7) is 0. The third-order valence-electron chi connectivity index (χ3n) is 3.07. The van der Waals surface area contributed by atoms with Crippen LogP contribution in [0.4, 0.5) is 11.4 Å². The second-order valence-corrected chi connectivity index (χ2v) is 4.88. The lowest BCUT2D eigenvalue weighted by atomic mass is 10.1. The molecule has 0 aliphatic heterocycles. The van der Waals surface area contributed by atoms with E-state index in [-0.39, 0.29) is 0 Å². The summed E-state index contributed by atoms with van der Waals surface area (Å²) in [4.78, 5) is 0. The second kappa shape index (κ2) is 5.72. The fraction of sp³-hybridized carbons (Fsp3) is 0. The van der Waals surface area contributed by atoms with Crippen molar-refractivity contribution in [2.24, 2.45) is 0 Å². The third kappa shape index (κ3) is 2.78. The molecule has 0 spiro atoms. The van der Waals surface area contributed by atoms with Crippen molar-refractivity contribution in [3.63, 3.8) is 0 Å². The zero-order valence-electron chi connectivity index (χ0n) is 10.8. The van der Waals surface area contributed by atoms with Gasteiger partial charge in [0.1, 0.15) is 0 Å². The van der Waals surface area contributed by atoms with E-state index in [4.69, 9.17) is 12.2 Å². The van der Waals surface area contributed by atoms with Crippen LogP contribution >= 0.6 is 12.2 Å². The molecule has 0 saturated carbocycles. The average Bonchev–Trinajstić information content (AvgIpc) is 2.48. The van der Waals surface area contributed by atoms with Gasteiger partial charge in [-0.15, -0.1) is 0 Å². The standard InChI is InChI=1S/C17H14N2S/c20-17(18-14-9-2-1-3-10-14)19-16-12-6-8-13-7-4-5-11-15(13)16/h1-12H,(H2,18,19,20). The molecule has 2 nitrogen and oxygen atoms in total. The first-order valence-electron chi connectivity index (χ1n) is 6.44. The second-order valence-electron chi connectivity index (χ2n) is 4.47. The molecule has 0 saturated heterocycles. The Morgan fingerprint density at radius 1 is 0.700 bits per heavy atom. The molecule has 2 N–H and O–H groups in total. The molecule has 3 heteroatoms. The van der Waals surface area contributed by atoms with Gasteiger partial charge in [0, 0.05) is 16.8 Å². The van der Waals surface area contributed by atoms with Crippen molar-refractivity contribution < 1.29 is 0 Å². The van der Waals surface area contributed by atoms with Gasteiger partial charge in [-0.2, -0.15) is 0 Å². The van der Waals surface area contributed by atoms with Gasteiger partial charge in [0.25, 0.3) is 0 Å². The molecule has 0 unspecified atom stereocenters. The fourth-order valence-corrected chi connectivity index (χ4v) is 2.37. The molecule has 0 fully saturated rings. The van der Waals surface area contributed by atoms with Crippen molar-refractivity contribution in [1.29, 1.82) is 0 Å². The molecule has 0 atom stereocenters. The van der Waals surface area contributed by atoms with Crippen LogP contribution in [0.3, 0.4) is 0 Å². The summed E-state index contributed by atoms with van der Waals surface area (Å²) in [5, 5.41) is 9.37. The number of fused-ring (bicyclic) bond motifs is 1. The maximum absolute atomic E-state index is 5.36. The first kappa shape index (κ1) is 12.6. The lowest BCUT2D eigenvalue weighted by molar-refractivity contribution is 1.61. The molecule has 0 aliphatic carbocycles. The Bertz CT molecular complexity index is 733. The minimum Gasteiger partial charge on any atom is -0.332 e. The maximum Gasteiger partial charge on any atom is 0.175 e. The number of hydrogen-bond acceptors (Lipinski definition) is 1. The maximum atomic E-state index is 5.36. The Balaban J connectivity index is 1.81. The minimum atomic E-state index is 0.590. The Morgan fingerprint density at radius 2 is 1.40 bits per heavy atom. The molecule has 98 valence electrons. The van der Waals surface area contributed by atoms with Crippen LogP contribution in [-0.4, -0.2) is 5.11 Å². The van der Waals surface area contributed by atoms with E-state index in [0.29, 0.717) is 5.11 Å². The van der Waals surface area contributed by atoms with E-state index in [1.807, 2.05) is 54.6 Å². The van der Waals surface area contributed by atoms with Crippen LogP contribution < -0.4 is 10.6 Å². The van der Waals surface area contributed by atoms with Crippen molar-refractivity contribution in [3.8, 4) is 0 Å². The van der Waals surface area contributed by atoms with Gasteiger partial charge in [-0.05, 0) is 35.8 Å². The highest BCUT2D eigenvalue weighted by molar-refractivity contribution is 7.80. The Kier molecular flexibility index (Phi) is 3.61. The zero-order valence-corrected chi connectivity index (χ0v) is 11.7. The summed E-state index contributed by atoms with van der Waals surface area (Å²) in [5.41, 5.74) is 1.99.